The van der Waals surface area contributed by atoms with E-state index in [2.05, 4.69) is 20.3 Å². The summed E-state index contributed by atoms with van der Waals surface area (Å²) in [6.45, 7) is 1.81. The Kier molecular flexibility index (Phi) is 3.57. The van der Waals surface area contributed by atoms with Crippen molar-refractivity contribution in [3.8, 4) is 5.75 Å². The maximum atomic E-state index is 12.6. The molecule has 0 spiro atoms. The fourth-order valence-electron chi connectivity index (χ4n) is 2.79. The zero-order valence-electron chi connectivity index (χ0n) is 13.8. The Hall–Kier alpha value is -3.41. The molecule has 0 fully saturated rings. The topological polar surface area (TPSA) is 79.9 Å². The predicted octanol–water partition coefficient (Wildman–Crippen LogP) is 3.68. The molecule has 0 atom stereocenters. The molecule has 0 saturated heterocycles. The van der Waals surface area contributed by atoms with E-state index in [0.717, 1.165) is 27.7 Å². The summed E-state index contributed by atoms with van der Waals surface area (Å²) in [4.78, 5) is 24.6. The van der Waals surface area contributed by atoms with Crippen LogP contribution in [0.3, 0.4) is 0 Å². The van der Waals surface area contributed by atoms with Gasteiger partial charge in [0.05, 0.1) is 34.9 Å². The maximum absolute atomic E-state index is 12.6. The van der Waals surface area contributed by atoms with Crippen LogP contribution in [-0.2, 0) is 0 Å². The van der Waals surface area contributed by atoms with E-state index >= 15 is 0 Å². The van der Waals surface area contributed by atoms with Gasteiger partial charge in [-0.15, -0.1) is 0 Å². The van der Waals surface area contributed by atoms with E-state index in [0.29, 0.717) is 17.2 Å². The number of para-hydroxylation sites is 2. The average molecular weight is 332 g/mol. The van der Waals surface area contributed by atoms with Crippen LogP contribution in [-0.4, -0.2) is 28.0 Å². The van der Waals surface area contributed by atoms with Crippen LogP contribution in [0.15, 0.2) is 48.5 Å². The van der Waals surface area contributed by atoms with Crippen LogP contribution in [0, 0.1) is 6.92 Å². The Morgan fingerprint density at radius 1 is 1.08 bits per heavy atom. The molecule has 0 unspecified atom stereocenters. The normalized spacial score (nSPS) is 11.0. The van der Waals surface area contributed by atoms with Gasteiger partial charge in [-0.3, -0.25) is 15.1 Å². The van der Waals surface area contributed by atoms with Crippen molar-refractivity contribution in [3.05, 3.63) is 59.8 Å². The third-order valence-corrected chi connectivity index (χ3v) is 4.08. The second-order valence-electron chi connectivity index (χ2n) is 5.74. The van der Waals surface area contributed by atoms with Crippen molar-refractivity contribution >= 4 is 33.8 Å². The van der Waals surface area contributed by atoms with Crippen molar-refractivity contribution in [1.29, 1.82) is 0 Å². The molecule has 0 aliphatic rings. The molecule has 2 heterocycles. The smallest absolute Gasteiger partial charge is 0.259 e. The van der Waals surface area contributed by atoms with E-state index in [1.165, 1.54) is 0 Å². The van der Waals surface area contributed by atoms with Crippen molar-refractivity contribution in [2.24, 2.45) is 0 Å². The Bertz CT molecular complexity index is 1070. The largest absolute Gasteiger partial charge is 0.497 e. The molecule has 1 amide bonds. The molecule has 4 rings (SSSR count). The molecule has 0 radical (unpaired) electrons. The summed E-state index contributed by atoms with van der Waals surface area (Å²) >= 11 is 0. The Labute approximate surface area is 143 Å². The van der Waals surface area contributed by atoms with E-state index in [-0.39, 0.29) is 5.91 Å². The lowest BCUT2D eigenvalue weighted by Crippen LogP contribution is -2.15. The number of H-pyrrole nitrogens is 1. The molecule has 2 aromatic heterocycles. The number of aryl methyl sites for hydroxylation is 1. The van der Waals surface area contributed by atoms with Crippen molar-refractivity contribution in [2.75, 3.05) is 12.4 Å². The van der Waals surface area contributed by atoms with Gasteiger partial charge in [0.15, 0.2) is 0 Å². The van der Waals surface area contributed by atoms with Gasteiger partial charge in [-0.2, -0.15) is 0 Å². The number of aromatic nitrogens is 3. The minimum Gasteiger partial charge on any atom is -0.497 e. The number of nitrogens with zero attached hydrogens (tertiary/aromatic N) is 2. The van der Waals surface area contributed by atoms with Gasteiger partial charge in [-0.05, 0) is 37.3 Å². The highest BCUT2D eigenvalue weighted by Crippen LogP contribution is 2.22. The lowest BCUT2D eigenvalue weighted by molar-refractivity contribution is 0.102. The number of hydrogen-bond donors (Lipinski definition) is 2. The highest BCUT2D eigenvalue weighted by molar-refractivity contribution is 6.06. The number of imidazole rings is 1. The van der Waals surface area contributed by atoms with Crippen LogP contribution in [0.25, 0.3) is 21.9 Å². The Morgan fingerprint density at radius 3 is 2.72 bits per heavy atom. The van der Waals surface area contributed by atoms with Gasteiger partial charge in [0.2, 0.25) is 5.95 Å². The number of amides is 1. The third-order valence-electron chi connectivity index (χ3n) is 4.08. The second kappa shape index (κ2) is 5.90. The summed E-state index contributed by atoms with van der Waals surface area (Å²) < 4.78 is 5.22. The van der Waals surface area contributed by atoms with E-state index in [4.69, 9.17) is 4.74 Å². The number of hydrogen-bond acceptors (Lipinski definition) is 4. The van der Waals surface area contributed by atoms with E-state index < -0.39 is 0 Å². The number of fused-ring (bicyclic) bond motifs is 2. The number of carbonyl (C=O) groups is 1. The monoisotopic (exact) mass is 332 g/mol. The summed E-state index contributed by atoms with van der Waals surface area (Å²) in [7, 11) is 1.61. The van der Waals surface area contributed by atoms with Crippen LogP contribution in [0.1, 0.15) is 16.1 Å². The highest BCUT2D eigenvalue weighted by Gasteiger charge is 2.14. The minimum atomic E-state index is -0.248. The summed E-state index contributed by atoms with van der Waals surface area (Å²) in [6.07, 6.45) is 0. The predicted molar refractivity (Wildman–Crippen MR) is 97.1 cm³/mol. The number of methoxy groups -OCH3 is 1. The Morgan fingerprint density at radius 2 is 1.92 bits per heavy atom. The first-order chi connectivity index (χ1) is 12.1. The molecule has 0 bridgehead atoms. The van der Waals surface area contributed by atoms with Gasteiger partial charge < -0.3 is 9.72 Å². The van der Waals surface area contributed by atoms with Crippen molar-refractivity contribution < 1.29 is 9.53 Å². The van der Waals surface area contributed by atoms with Crippen molar-refractivity contribution in [2.45, 2.75) is 6.92 Å². The molecule has 25 heavy (non-hydrogen) atoms. The van der Waals surface area contributed by atoms with Gasteiger partial charge in [0.25, 0.3) is 5.91 Å². The molecule has 124 valence electrons. The number of anilines is 1. The molecule has 0 aliphatic carbocycles. The molecular formula is C19H16N4O2. The maximum Gasteiger partial charge on any atom is 0.259 e. The van der Waals surface area contributed by atoms with Crippen molar-refractivity contribution in [3.63, 3.8) is 0 Å². The summed E-state index contributed by atoms with van der Waals surface area (Å²) in [5.41, 5.74) is 3.63. The first-order valence-corrected chi connectivity index (χ1v) is 7.85. The molecule has 4 aromatic rings. The van der Waals surface area contributed by atoms with Gasteiger partial charge in [0, 0.05) is 11.5 Å². The van der Waals surface area contributed by atoms with Crippen molar-refractivity contribution in [1.82, 2.24) is 15.0 Å². The average Bonchev–Trinajstić information content (AvgIpc) is 3.02. The number of benzene rings is 2. The number of nitrogens with one attached hydrogen (secondary N) is 2. The minimum absolute atomic E-state index is 0.248. The van der Waals surface area contributed by atoms with Gasteiger partial charge >= 0.3 is 0 Å². The van der Waals surface area contributed by atoms with Crippen LogP contribution >= 0.6 is 0 Å². The fourth-order valence-corrected chi connectivity index (χ4v) is 2.79. The Balaban J connectivity index is 1.68. The zero-order valence-corrected chi connectivity index (χ0v) is 13.8. The summed E-state index contributed by atoms with van der Waals surface area (Å²) in [5.74, 6) is 0.904. The third kappa shape index (κ3) is 2.78. The molecule has 0 saturated carbocycles. The number of carbonyl (C=O) groups excluding carboxylic acids is 1. The SMILES string of the molecule is COc1ccc2cc(C(=O)Nc3nc4ccccc4[nH]3)c(C)nc2c1. The highest BCUT2D eigenvalue weighted by atomic mass is 16.5. The number of aromatic amines is 1. The van der Waals surface area contributed by atoms with Gasteiger partial charge in [-0.25, -0.2) is 4.98 Å². The van der Waals surface area contributed by atoms with E-state index in [1.807, 2.05) is 55.5 Å². The number of ether oxygens (including phenoxy) is 1. The van der Waals surface area contributed by atoms with Crippen LogP contribution in [0.2, 0.25) is 0 Å². The lowest BCUT2D eigenvalue weighted by Gasteiger charge is -2.08. The zero-order chi connectivity index (χ0) is 17.4. The number of pyridine rings is 1. The second-order valence-corrected chi connectivity index (χ2v) is 5.74. The quantitative estimate of drug-likeness (QED) is 0.600. The summed E-state index contributed by atoms with van der Waals surface area (Å²) in [5, 5.41) is 3.68. The van der Waals surface area contributed by atoms with Crippen LogP contribution < -0.4 is 10.1 Å². The summed E-state index contributed by atoms with van der Waals surface area (Å²) in [6, 6.07) is 15.0. The fraction of sp³-hybridized carbons (Fsp3) is 0.105. The molecule has 2 N–H and O–H groups in total. The molecule has 6 nitrogen and oxygen atoms in total. The van der Waals surface area contributed by atoms with E-state index in [9.17, 15) is 4.79 Å². The van der Waals surface area contributed by atoms with E-state index in [1.54, 1.807) is 7.11 Å². The number of rotatable bonds is 3. The first-order valence-electron chi connectivity index (χ1n) is 7.85. The van der Waals surface area contributed by atoms with Crippen LogP contribution in [0.5, 0.6) is 5.75 Å². The van der Waals surface area contributed by atoms with Crippen LogP contribution in [0.4, 0.5) is 5.95 Å². The van der Waals surface area contributed by atoms with Gasteiger partial charge in [0.1, 0.15) is 5.75 Å². The molecule has 0 aliphatic heterocycles. The molecule has 2 aromatic carbocycles. The lowest BCUT2D eigenvalue weighted by atomic mass is 10.1. The van der Waals surface area contributed by atoms with Gasteiger partial charge in [-0.1, -0.05) is 12.1 Å². The molecule has 6 heteroatoms. The molecular weight excluding hydrogens is 316 g/mol. The first kappa shape index (κ1) is 15.1. The standard InChI is InChI=1S/C19H16N4O2/c1-11-14(9-12-7-8-13(25-2)10-17(12)20-11)18(24)23-19-21-15-5-3-4-6-16(15)22-19/h3-10H,1-2H3,(H2,21,22,23,24).